The molecule has 3 aromatic rings. The highest BCUT2D eigenvalue weighted by atomic mass is 32.2. The minimum absolute atomic E-state index is 0.0719. The normalized spacial score (nSPS) is 14.5. The van der Waals surface area contributed by atoms with Gasteiger partial charge in [0.05, 0.1) is 11.5 Å². The number of hydrogen-bond donors (Lipinski definition) is 0. The molecule has 0 saturated carbocycles. The Kier molecular flexibility index (Phi) is 7.34. The molecule has 0 spiro atoms. The highest BCUT2D eigenvalue weighted by molar-refractivity contribution is 8.00. The maximum atomic E-state index is 13.6. The van der Waals surface area contributed by atoms with Crippen molar-refractivity contribution < 1.29 is 0 Å². The molecule has 0 bridgehead atoms. The highest BCUT2D eigenvalue weighted by Crippen LogP contribution is 2.35. The molecule has 0 radical (unpaired) electrons. The third-order valence-electron chi connectivity index (χ3n) is 5.96. The molecule has 1 aromatic carbocycles. The Bertz CT molecular complexity index is 1190. The molecule has 0 amide bonds. The molecule has 4 rings (SSSR count). The predicted molar refractivity (Wildman–Crippen MR) is 134 cm³/mol. The van der Waals surface area contributed by atoms with Crippen molar-refractivity contribution in [1.82, 2.24) is 14.5 Å². The van der Waals surface area contributed by atoms with Gasteiger partial charge in [-0.2, -0.15) is 5.26 Å². The summed E-state index contributed by atoms with van der Waals surface area (Å²) in [6.07, 6.45) is 5.86. The van der Waals surface area contributed by atoms with Crippen molar-refractivity contribution in [3.05, 3.63) is 56.2 Å². The van der Waals surface area contributed by atoms with Crippen LogP contribution in [0.25, 0.3) is 10.2 Å². The Balaban J connectivity index is 1.69. The van der Waals surface area contributed by atoms with Crippen LogP contribution in [0.4, 0.5) is 0 Å². The van der Waals surface area contributed by atoms with Crippen LogP contribution in [0.3, 0.4) is 0 Å². The van der Waals surface area contributed by atoms with E-state index >= 15 is 0 Å². The third-order valence-corrected chi connectivity index (χ3v) is 8.23. The maximum Gasteiger partial charge on any atom is 0.263 e. The van der Waals surface area contributed by atoms with E-state index < -0.39 is 0 Å². The van der Waals surface area contributed by atoms with Crippen LogP contribution in [0, 0.1) is 18.3 Å². The summed E-state index contributed by atoms with van der Waals surface area (Å²) in [6, 6.07) is 10.7. The topological polar surface area (TPSA) is 61.9 Å². The molecule has 2 heterocycles. The van der Waals surface area contributed by atoms with Crippen LogP contribution < -0.4 is 5.56 Å². The zero-order valence-corrected chi connectivity index (χ0v) is 20.7. The third kappa shape index (κ3) is 5.09. The Hall–Kier alpha value is -2.14. The molecular weight excluding hydrogens is 436 g/mol. The van der Waals surface area contributed by atoms with Crippen molar-refractivity contribution in [3.8, 4) is 6.07 Å². The Morgan fingerprint density at radius 3 is 2.72 bits per heavy atom. The second-order valence-corrected chi connectivity index (χ2v) is 11.1. The summed E-state index contributed by atoms with van der Waals surface area (Å²) in [6.45, 7) is 3.59. The lowest BCUT2D eigenvalue weighted by Gasteiger charge is -2.16. The van der Waals surface area contributed by atoms with Gasteiger partial charge in [0.2, 0.25) is 0 Å². The van der Waals surface area contributed by atoms with E-state index in [9.17, 15) is 10.1 Å². The van der Waals surface area contributed by atoms with E-state index in [4.69, 9.17) is 4.98 Å². The van der Waals surface area contributed by atoms with Crippen molar-refractivity contribution in [1.29, 1.82) is 5.26 Å². The lowest BCUT2D eigenvalue weighted by atomic mass is 9.97. The number of fused-ring (bicyclic) bond motifs is 3. The average molecular weight is 467 g/mol. The fourth-order valence-corrected chi connectivity index (χ4v) is 6.57. The fourth-order valence-electron chi connectivity index (χ4n) is 4.23. The summed E-state index contributed by atoms with van der Waals surface area (Å²) in [5, 5.41) is 11.1. The minimum atomic E-state index is -0.295. The van der Waals surface area contributed by atoms with E-state index in [0.717, 1.165) is 48.0 Å². The second-order valence-electron chi connectivity index (χ2n) is 8.82. The summed E-state index contributed by atoms with van der Waals surface area (Å²) in [5.41, 5.74) is 3.63. The molecule has 0 fully saturated rings. The Morgan fingerprint density at radius 1 is 1.25 bits per heavy atom. The van der Waals surface area contributed by atoms with Gasteiger partial charge in [-0.05, 0) is 77.2 Å². The van der Waals surface area contributed by atoms with Gasteiger partial charge in [-0.3, -0.25) is 9.36 Å². The van der Waals surface area contributed by atoms with Gasteiger partial charge >= 0.3 is 0 Å². The predicted octanol–water partition coefficient (Wildman–Crippen LogP) is 4.82. The molecule has 0 saturated heterocycles. The number of hydrogen-bond acceptors (Lipinski definition) is 6. The zero-order valence-electron chi connectivity index (χ0n) is 19.1. The number of thiophene rings is 1. The standard InChI is InChI=1S/C25H30N4OS2/c1-17-9-11-18(12-10-17)15-19(16-26)31-25-27-23-22(20-7-4-5-8-21(20)32-23)24(30)29(25)14-6-13-28(2)3/h9-12,19H,4-8,13-15H2,1-3H3. The van der Waals surface area contributed by atoms with Gasteiger partial charge in [0, 0.05) is 11.4 Å². The van der Waals surface area contributed by atoms with Gasteiger partial charge in [-0.15, -0.1) is 11.3 Å². The highest BCUT2D eigenvalue weighted by Gasteiger charge is 2.23. The molecule has 5 nitrogen and oxygen atoms in total. The van der Waals surface area contributed by atoms with Crippen LogP contribution in [0.2, 0.25) is 0 Å². The monoisotopic (exact) mass is 466 g/mol. The molecule has 1 atom stereocenters. The van der Waals surface area contributed by atoms with E-state index in [2.05, 4.69) is 42.2 Å². The van der Waals surface area contributed by atoms with Gasteiger partial charge < -0.3 is 4.90 Å². The van der Waals surface area contributed by atoms with E-state index in [0.29, 0.717) is 18.1 Å². The van der Waals surface area contributed by atoms with Gasteiger partial charge in [0.15, 0.2) is 5.16 Å². The van der Waals surface area contributed by atoms with Crippen LogP contribution in [0.1, 0.15) is 40.8 Å². The van der Waals surface area contributed by atoms with Gasteiger partial charge in [0.25, 0.3) is 5.56 Å². The molecular formula is C25H30N4OS2. The molecule has 0 N–H and O–H groups in total. The van der Waals surface area contributed by atoms with Crippen molar-refractivity contribution in [2.45, 2.75) is 62.4 Å². The van der Waals surface area contributed by atoms with Gasteiger partial charge in [-0.25, -0.2) is 4.98 Å². The van der Waals surface area contributed by atoms with E-state index in [-0.39, 0.29) is 10.8 Å². The first-order valence-electron chi connectivity index (χ1n) is 11.3. The Morgan fingerprint density at radius 2 is 2.00 bits per heavy atom. The van der Waals surface area contributed by atoms with Crippen LogP contribution in [-0.2, 0) is 25.8 Å². The maximum absolute atomic E-state index is 13.6. The van der Waals surface area contributed by atoms with E-state index in [1.165, 1.54) is 34.2 Å². The van der Waals surface area contributed by atoms with Crippen LogP contribution in [-0.4, -0.2) is 40.3 Å². The molecule has 168 valence electrons. The van der Waals surface area contributed by atoms with Crippen LogP contribution in [0.15, 0.2) is 34.2 Å². The minimum Gasteiger partial charge on any atom is -0.309 e. The smallest absolute Gasteiger partial charge is 0.263 e. The fraction of sp³-hybridized carbons (Fsp3) is 0.480. The van der Waals surface area contributed by atoms with Crippen molar-refractivity contribution in [2.75, 3.05) is 20.6 Å². The molecule has 7 heteroatoms. The van der Waals surface area contributed by atoms with E-state index in [1.807, 2.05) is 18.7 Å². The summed E-state index contributed by atoms with van der Waals surface area (Å²) in [5.74, 6) is 0. The first kappa shape index (κ1) is 23.0. The van der Waals surface area contributed by atoms with Crippen LogP contribution in [0.5, 0.6) is 0 Å². The number of rotatable bonds is 8. The summed E-state index contributed by atoms with van der Waals surface area (Å²) in [7, 11) is 4.09. The van der Waals surface area contributed by atoms with Crippen molar-refractivity contribution in [3.63, 3.8) is 0 Å². The summed E-state index contributed by atoms with van der Waals surface area (Å²) >= 11 is 3.11. The van der Waals surface area contributed by atoms with Gasteiger partial charge in [-0.1, -0.05) is 41.6 Å². The zero-order chi connectivity index (χ0) is 22.7. The summed E-state index contributed by atoms with van der Waals surface area (Å²) < 4.78 is 1.83. The molecule has 0 aliphatic heterocycles. The SMILES string of the molecule is Cc1ccc(CC(C#N)Sc2nc3sc4c(c3c(=O)n2CCCN(C)C)CCCC4)cc1. The Labute approximate surface area is 198 Å². The average Bonchev–Trinajstić information content (AvgIpc) is 3.15. The number of aryl methyl sites for hydroxylation is 3. The molecule has 2 aromatic heterocycles. The van der Waals surface area contributed by atoms with E-state index in [1.54, 1.807) is 11.3 Å². The number of nitriles is 1. The number of thioether (sulfide) groups is 1. The number of aromatic nitrogens is 2. The molecule has 1 unspecified atom stereocenters. The van der Waals surface area contributed by atoms with Gasteiger partial charge in [0.1, 0.15) is 10.1 Å². The first-order valence-corrected chi connectivity index (χ1v) is 13.0. The molecule has 32 heavy (non-hydrogen) atoms. The number of nitrogens with zero attached hydrogens (tertiary/aromatic N) is 4. The van der Waals surface area contributed by atoms with Crippen LogP contribution >= 0.6 is 23.1 Å². The quantitative estimate of drug-likeness (QED) is 0.352. The molecule has 1 aliphatic carbocycles. The van der Waals surface area contributed by atoms with Crippen molar-refractivity contribution in [2.24, 2.45) is 0 Å². The molecule has 1 aliphatic rings. The lowest BCUT2D eigenvalue weighted by molar-refractivity contribution is 0.379. The second kappa shape index (κ2) is 10.2. The summed E-state index contributed by atoms with van der Waals surface area (Å²) in [4.78, 5) is 22.9. The lowest BCUT2D eigenvalue weighted by Crippen LogP contribution is -2.26. The largest absolute Gasteiger partial charge is 0.309 e. The van der Waals surface area contributed by atoms with Crippen molar-refractivity contribution >= 4 is 33.3 Å². The first-order chi connectivity index (χ1) is 15.5. The number of benzene rings is 1.